The maximum atomic E-state index is 13.2. The SMILES string of the molecule is Cc1cc([C@@H](C)Nc2ccccc2C(=O)O)c2oc(-c3cnn(-c4ccccc4C#N)c3)cc(=O)c2c1. The second kappa shape index (κ2) is 9.47. The van der Waals surface area contributed by atoms with Crippen LogP contribution in [0.3, 0.4) is 0 Å². The van der Waals surface area contributed by atoms with Gasteiger partial charge in [0.25, 0.3) is 0 Å². The number of aromatic nitrogens is 2. The second-order valence-corrected chi connectivity index (χ2v) is 8.73. The Morgan fingerprint density at radius 3 is 2.68 bits per heavy atom. The smallest absolute Gasteiger partial charge is 0.337 e. The molecule has 1 atom stereocenters. The summed E-state index contributed by atoms with van der Waals surface area (Å²) in [6.45, 7) is 3.78. The van der Waals surface area contributed by atoms with Gasteiger partial charge in [0.15, 0.2) is 5.43 Å². The number of rotatable bonds is 6. The summed E-state index contributed by atoms with van der Waals surface area (Å²) in [7, 11) is 0. The zero-order valence-corrected chi connectivity index (χ0v) is 20.1. The van der Waals surface area contributed by atoms with E-state index in [2.05, 4.69) is 16.5 Å². The molecule has 0 saturated heterocycles. The van der Waals surface area contributed by atoms with Crippen molar-refractivity contribution in [1.82, 2.24) is 9.78 Å². The van der Waals surface area contributed by atoms with Gasteiger partial charge < -0.3 is 14.8 Å². The average molecular weight is 491 g/mol. The molecule has 0 amide bonds. The molecule has 0 radical (unpaired) electrons. The Bertz CT molecular complexity index is 1760. The van der Waals surface area contributed by atoms with E-state index < -0.39 is 5.97 Å². The molecule has 2 aromatic heterocycles. The maximum Gasteiger partial charge on any atom is 0.337 e. The molecular formula is C29H22N4O4. The van der Waals surface area contributed by atoms with Crippen LogP contribution in [0.15, 0.2) is 88.3 Å². The van der Waals surface area contributed by atoms with Gasteiger partial charge in [0.05, 0.1) is 40.0 Å². The molecule has 5 aromatic rings. The first-order valence-electron chi connectivity index (χ1n) is 11.6. The number of fused-ring (bicyclic) bond motifs is 1. The topological polar surface area (TPSA) is 121 Å². The Hall–Kier alpha value is -5.16. The lowest BCUT2D eigenvalue weighted by Gasteiger charge is -2.19. The monoisotopic (exact) mass is 490 g/mol. The molecule has 37 heavy (non-hydrogen) atoms. The van der Waals surface area contributed by atoms with Crippen LogP contribution in [-0.4, -0.2) is 20.9 Å². The number of carboxylic acid groups (broad SMARTS) is 1. The molecule has 182 valence electrons. The average Bonchev–Trinajstić information content (AvgIpc) is 3.39. The number of aromatic carboxylic acids is 1. The van der Waals surface area contributed by atoms with E-state index in [-0.39, 0.29) is 17.0 Å². The molecule has 0 fully saturated rings. The van der Waals surface area contributed by atoms with Gasteiger partial charge in [0.1, 0.15) is 17.4 Å². The van der Waals surface area contributed by atoms with Gasteiger partial charge in [-0.2, -0.15) is 10.4 Å². The molecule has 0 aliphatic heterocycles. The van der Waals surface area contributed by atoms with Gasteiger partial charge in [-0.1, -0.05) is 30.3 Å². The normalized spacial score (nSPS) is 11.7. The lowest BCUT2D eigenvalue weighted by atomic mass is 10.0. The zero-order valence-electron chi connectivity index (χ0n) is 20.1. The molecule has 2 heterocycles. The van der Waals surface area contributed by atoms with Crippen molar-refractivity contribution in [2.75, 3.05) is 5.32 Å². The number of nitrogens with zero attached hydrogens (tertiary/aromatic N) is 3. The maximum absolute atomic E-state index is 13.2. The van der Waals surface area contributed by atoms with Crippen molar-refractivity contribution in [3.8, 4) is 23.1 Å². The molecule has 0 unspecified atom stereocenters. The second-order valence-electron chi connectivity index (χ2n) is 8.73. The van der Waals surface area contributed by atoms with E-state index in [1.54, 1.807) is 59.5 Å². The van der Waals surface area contributed by atoms with E-state index in [9.17, 15) is 20.0 Å². The number of para-hydroxylation sites is 2. The predicted molar refractivity (Wildman–Crippen MR) is 140 cm³/mol. The number of nitrogens with one attached hydrogen (secondary N) is 1. The highest BCUT2D eigenvalue weighted by Crippen LogP contribution is 2.31. The summed E-state index contributed by atoms with van der Waals surface area (Å²) < 4.78 is 7.85. The van der Waals surface area contributed by atoms with Crippen LogP contribution in [0.2, 0.25) is 0 Å². The van der Waals surface area contributed by atoms with Crippen molar-refractivity contribution in [2.24, 2.45) is 0 Å². The standard InChI is InChI=1S/C29H22N4O4/c1-17-11-22(18(2)32-24-9-5-4-8-21(24)29(35)36)28-23(12-17)26(34)13-27(37-28)20-15-31-33(16-20)25-10-6-3-7-19(25)14-30/h3-13,15-16,18,32H,1-2H3,(H,35,36)/t18-/m1/s1. The predicted octanol–water partition coefficient (Wildman–Crippen LogP) is 5.70. The van der Waals surface area contributed by atoms with Crippen molar-refractivity contribution in [3.63, 3.8) is 0 Å². The van der Waals surface area contributed by atoms with Crippen LogP contribution < -0.4 is 10.7 Å². The van der Waals surface area contributed by atoms with Crippen molar-refractivity contribution in [2.45, 2.75) is 19.9 Å². The number of aryl methyl sites for hydroxylation is 1. The van der Waals surface area contributed by atoms with Crippen LogP contribution in [0, 0.1) is 18.3 Å². The van der Waals surface area contributed by atoms with Gasteiger partial charge in [-0.05, 0) is 49.7 Å². The van der Waals surface area contributed by atoms with Crippen LogP contribution in [0.25, 0.3) is 28.0 Å². The number of benzene rings is 3. The van der Waals surface area contributed by atoms with Crippen molar-refractivity contribution in [3.05, 3.63) is 112 Å². The van der Waals surface area contributed by atoms with Gasteiger partial charge >= 0.3 is 5.97 Å². The molecule has 0 bridgehead atoms. The van der Waals surface area contributed by atoms with Crippen LogP contribution in [-0.2, 0) is 0 Å². The summed E-state index contributed by atoms with van der Waals surface area (Å²) in [6, 6.07) is 20.7. The quantitative estimate of drug-likeness (QED) is 0.313. The summed E-state index contributed by atoms with van der Waals surface area (Å²) in [5.74, 6) is -0.699. The number of hydrogen-bond donors (Lipinski definition) is 2. The Balaban J connectivity index is 1.59. The van der Waals surface area contributed by atoms with Gasteiger partial charge in [-0.25, -0.2) is 9.48 Å². The molecule has 3 aromatic carbocycles. The van der Waals surface area contributed by atoms with E-state index in [4.69, 9.17) is 4.42 Å². The highest BCUT2D eigenvalue weighted by atomic mass is 16.4. The fourth-order valence-corrected chi connectivity index (χ4v) is 4.35. The lowest BCUT2D eigenvalue weighted by Crippen LogP contribution is -2.12. The van der Waals surface area contributed by atoms with E-state index in [0.29, 0.717) is 39.2 Å². The highest BCUT2D eigenvalue weighted by molar-refractivity contribution is 5.94. The van der Waals surface area contributed by atoms with E-state index >= 15 is 0 Å². The van der Waals surface area contributed by atoms with E-state index in [1.165, 1.54) is 12.1 Å². The summed E-state index contributed by atoms with van der Waals surface area (Å²) in [5, 5.41) is 27.0. The molecule has 0 saturated carbocycles. The van der Waals surface area contributed by atoms with Gasteiger partial charge in [0.2, 0.25) is 0 Å². The highest BCUT2D eigenvalue weighted by Gasteiger charge is 2.19. The lowest BCUT2D eigenvalue weighted by molar-refractivity contribution is 0.0698. The third-order valence-corrected chi connectivity index (χ3v) is 6.14. The Kier molecular flexibility index (Phi) is 6.04. The number of carbonyl (C=O) groups is 1. The Labute approximate surface area is 212 Å². The van der Waals surface area contributed by atoms with Gasteiger partial charge in [-0.3, -0.25) is 4.79 Å². The van der Waals surface area contributed by atoms with Crippen LogP contribution in [0.5, 0.6) is 0 Å². The summed E-state index contributed by atoms with van der Waals surface area (Å²) >= 11 is 0. The first-order chi connectivity index (χ1) is 17.9. The summed E-state index contributed by atoms with van der Waals surface area (Å²) in [4.78, 5) is 24.8. The zero-order chi connectivity index (χ0) is 26.1. The molecule has 8 heteroatoms. The Morgan fingerprint density at radius 1 is 1.14 bits per heavy atom. The molecule has 0 aliphatic carbocycles. The molecule has 0 spiro atoms. The number of anilines is 1. The summed E-state index contributed by atoms with van der Waals surface area (Å²) in [5.41, 5.74) is 4.08. The minimum Gasteiger partial charge on any atom is -0.478 e. The molecule has 0 aliphatic rings. The first-order valence-corrected chi connectivity index (χ1v) is 11.6. The first kappa shape index (κ1) is 23.6. The number of hydrogen-bond acceptors (Lipinski definition) is 6. The summed E-state index contributed by atoms with van der Waals surface area (Å²) in [6.07, 6.45) is 3.29. The fourth-order valence-electron chi connectivity index (χ4n) is 4.35. The third-order valence-electron chi connectivity index (χ3n) is 6.14. The molecule has 5 rings (SSSR count). The van der Waals surface area contributed by atoms with Crippen molar-refractivity contribution >= 4 is 22.6 Å². The minimum absolute atomic E-state index is 0.151. The Morgan fingerprint density at radius 2 is 1.89 bits per heavy atom. The third kappa shape index (κ3) is 4.46. The van der Waals surface area contributed by atoms with Crippen LogP contribution >= 0.6 is 0 Å². The van der Waals surface area contributed by atoms with Crippen molar-refractivity contribution < 1.29 is 14.3 Å². The largest absolute Gasteiger partial charge is 0.478 e. The fraction of sp³-hybridized carbons (Fsp3) is 0.103. The van der Waals surface area contributed by atoms with E-state index in [0.717, 1.165) is 11.1 Å². The van der Waals surface area contributed by atoms with E-state index in [1.807, 2.05) is 26.0 Å². The van der Waals surface area contributed by atoms with Gasteiger partial charge in [0, 0.05) is 23.5 Å². The molecule has 8 nitrogen and oxygen atoms in total. The number of carboxylic acids is 1. The molecular weight excluding hydrogens is 468 g/mol. The number of nitriles is 1. The van der Waals surface area contributed by atoms with Crippen molar-refractivity contribution in [1.29, 1.82) is 5.26 Å². The minimum atomic E-state index is -1.03. The van der Waals surface area contributed by atoms with Crippen LogP contribution in [0.4, 0.5) is 5.69 Å². The van der Waals surface area contributed by atoms with Gasteiger partial charge in [-0.15, -0.1) is 0 Å². The van der Waals surface area contributed by atoms with Crippen LogP contribution in [0.1, 0.15) is 40.0 Å². The molecule has 2 N–H and O–H groups in total.